The number of nitro groups is 1. The van der Waals surface area contributed by atoms with E-state index in [1.54, 1.807) is 4.90 Å². The summed E-state index contributed by atoms with van der Waals surface area (Å²) in [4.78, 5) is 23.8. The van der Waals surface area contributed by atoms with Crippen molar-refractivity contribution < 1.29 is 14.1 Å². The maximum Gasteiger partial charge on any atom is 0.304 e. The van der Waals surface area contributed by atoms with E-state index in [-0.39, 0.29) is 11.5 Å². The second-order valence-electron chi connectivity index (χ2n) is 5.58. The summed E-state index contributed by atoms with van der Waals surface area (Å²) in [5, 5.41) is 10.6. The van der Waals surface area contributed by atoms with Crippen LogP contribution in [0.2, 0.25) is 0 Å². The summed E-state index contributed by atoms with van der Waals surface area (Å²) in [5.41, 5.74) is -0.448. The molecule has 5 nitrogen and oxygen atoms in total. The van der Waals surface area contributed by atoms with Crippen LogP contribution >= 0.6 is 0 Å². The standard InChI is InChI=1S/C14H17FN2O3/c1-9-5-10(2)8-16(7-9)14(18)11-3-4-13(17(19)20)12(15)6-11/h3-4,6,9-10H,5,7-8H2,1-2H3. The summed E-state index contributed by atoms with van der Waals surface area (Å²) >= 11 is 0. The van der Waals surface area contributed by atoms with Gasteiger partial charge in [0.15, 0.2) is 0 Å². The molecular weight excluding hydrogens is 263 g/mol. The van der Waals surface area contributed by atoms with Gasteiger partial charge in [0, 0.05) is 24.7 Å². The zero-order valence-corrected chi connectivity index (χ0v) is 11.5. The highest BCUT2D eigenvalue weighted by atomic mass is 19.1. The average Bonchev–Trinajstić information content (AvgIpc) is 2.36. The molecule has 1 aromatic rings. The van der Waals surface area contributed by atoms with Crippen LogP contribution in [0.3, 0.4) is 0 Å². The van der Waals surface area contributed by atoms with Crippen LogP contribution < -0.4 is 0 Å². The van der Waals surface area contributed by atoms with Gasteiger partial charge in [-0.25, -0.2) is 0 Å². The number of halogens is 1. The van der Waals surface area contributed by atoms with E-state index in [1.807, 2.05) is 0 Å². The third-order valence-electron chi connectivity index (χ3n) is 3.55. The zero-order chi connectivity index (χ0) is 14.9. The van der Waals surface area contributed by atoms with Gasteiger partial charge >= 0.3 is 5.69 Å². The maximum atomic E-state index is 13.6. The molecule has 1 saturated heterocycles. The first-order valence-electron chi connectivity index (χ1n) is 6.61. The van der Waals surface area contributed by atoms with Crippen molar-refractivity contribution in [3.63, 3.8) is 0 Å². The minimum atomic E-state index is -0.973. The third-order valence-corrected chi connectivity index (χ3v) is 3.55. The SMILES string of the molecule is CC1CC(C)CN(C(=O)c2ccc([N+](=O)[O-])c(F)c2)C1. The number of rotatable bonds is 2. The molecule has 0 aliphatic carbocycles. The number of carbonyl (C=O) groups is 1. The smallest absolute Gasteiger partial charge is 0.304 e. The molecular formula is C14H17FN2O3. The third kappa shape index (κ3) is 2.95. The lowest BCUT2D eigenvalue weighted by Gasteiger charge is -2.35. The molecule has 1 aromatic carbocycles. The summed E-state index contributed by atoms with van der Waals surface area (Å²) < 4.78 is 13.6. The van der Waals surface area contributed by atoms with E-state index < -0.39 is 16.4 Å². The summed E-state index contributed by atoms with van der Waals surface area (Å²) in [7, 11) is 0. The van der Waals surface area contributed by atoms with Crippen LogP contribution in [0.4, 0.5) is 10.1 Å². The summed E-state index contributed by atoms with van der Waals surface area (Å²) in [6, 6.07) is 3.30. The minimum Gasteiger partial charge on any atom is -0.338 e. The normalized spacial score (nSPS) is 22.6. The molecule has 6 heteroatoms. The Morgan fingerprint density at radius 1 is 1.35 bits per heavy atom. The van der Waals surface area contributed by atoms with Crippen molar-refractivity contribution in [1.82, 2.24) is 4.90 Å². The lowest BCUT2D eigenvalue weighted by atomic mass is 9.91. The highest BCUT2D eigenvalue weighted by Crippen LogP contribution is 2.24. The Kier molecular flexibility index (Phi) is 4.01. The van der Waals surface area contributed by atoms with Gasteiger partial charge in [-0.2, -0.15) is 4.39 Å². The summed E-state index contributed by atoms with van der Waals surface area (Å²) in [5.74, 6) is -0.424. The van der Waals surface area contributed by atoms with Crippen LogP contribution in [0.5, 0.6) is 0 Å². The fourth-order valence-corrected chi connectivity index (χ4v) is 2.80. The Hall–Kier alpha value is -1.98. The molecule has 2 atom stereocenters. The van der Waals surface area contributed by atoms with Gasteiger partial charge in [0.25, 0.3) is 5.91 Å². The molecule has 0 radical (unpaired) electrons. The molecule has 108 valence electrons. The summed E-state index contributed by atoms with van der Waals surface area (Å²) in [6.45, 7) is 5.43. The minimum absolute atomic E-state index is 0.161. The highest BCUT2D eigenvalue weighted by molar-refractivity contribution is 5.94. The number of carbonyl (C=O) groups excluding carboxylic acids is 1. The van der Waals surface area contributed by atoms with E-state index in [2.05, 4.69) is 13.8 Å². The van der Waals surface area contributed by atoms with E-state index >= 15 is 0 Å². The molecule has 1 heterocycles. The van der Waals surface area contributed by atoms with Gasteiger partial charge < -0.3 is 4.90 Å². The van der Waals surface area contributed by atoms with Crippen LogP contribution in [0.15, 0.2) is 18.2 Å². The number of hydrogen-bond acceptors (Lipinski definition) is 3. The Morgan fingerprint density at radius 2 is 1.95 bits per heavy atom. The van der Waals surface area contributed by atoms with E-state index in [1.165, 1.54) is 6.07 Å². The predicted molar refractivity (Wildman–Crippen MR) is 71.9 cm³/mol. The van der Waals surface area contributed by atoms with Crippen molar-refractivity contribution in [3.8, 4) is 0 Å². The Bertz CT molecular complexity index is 537. The largest absolute Gasteiger partial charge is 0.338 e. The molecule has 0 bridgehead atoms. The number of piperidine rings is 1. The van der Waals surface area contributed by atoms with E-state index in [0.717, 1.165) is 18.6 Å². The van der Waals surface area contributed by atoms with Crippen molar-refractivity contribution in [2.45, 2.75) is 20.3 Å². The topological polar surface area (TPSA) is 63.5 Å². The fraction of sp³-hybridized carbons (Fsp3) is 0.500. The molecule has 1 aliphatic rings. The number of hydrogen-bond donors (Lipinski definition) is 0. The van der Waals surface area contributed by atoms with Gasteiger partial charge in [-0.3, -0.25) is 14.9 Å². The van der Waals surface area contributed by atoms with Gasteiger partial charge in [-0.15, -0.1) is 0 Å². The number of nitro benzene ring substituents is 1. The lowest BCUT2D eigenvalue weighted by Crippen LogP contribution is -2.42. The van der Waals surface area contributed by atoms with E-state index in [9.17, 15) is 19.3 Å². The first kappa shape index (κ1) is 14.4. The van der Waals surface area contributed by atoms with Crippen molar-refractivity contribution in [1.29, 1.82) is 0 Å². The number of amides is 1. The summed E-state index contributed by atoms with van der Waals surface area (Å²) in [6.07, 6.45) is 1.07. The van der Waals surface area contributed by atoms with Gasteiger partial charge in [0.1, 0.15) is 0 Å². The molecule has 2 rings (SSSR count). The van der Waals surface area contributed by atoms with Crippen molar-refractivity contribution in [2.24, 2.45) is 11.8 Å². The molecule has 0 saturated carbocycles. The maximum absolute atomic E-state index is 13.6. The first-order chi connectivity index (χ1) is 9.38. The van der Waals surface area contributed by atoms with E-state index in [0.29, 0.717) is 24.9 Å². The van der Waals surface area contributed by atoms with Crippen molar-refractivity contribution in [2.75, 3.05) is 13.1 Å². The molecule has 20 heavy (non-hydrogen) atoms. The molecule has 1 fully saturated rings. The van der Waals surface area contributed by atoms with Gasteiger partial charge in [-0.05, 0) is 30.4 Å². The molecule has 0 aromatic heterocycles. The Labute approximate surface area is 116 Å². The number of benzene rings is 1. The second-order valence-corrected chi connectivity index (χ2v) is 5.58. The molecule has 0 N–H and O–H groups in total. The quantitative estimate of drug-likeness (QED) is 0.618. The van der Waals surface area contributed by atoms with Crippen LogP contribution in [-0.4, -0.2) is 28.8 Å². The van der Waals surface area contributed by atoms with Crippen LogP contribution in [0.1, 0.15) is 30.6 Å². The van der Waals surface area contributed by atoms with Crippen LogP contribution in [0, 0.1) is 27.8 Å². The zero-order valence-electron chi connectivity index (χ0n) is 11.5. The van der Waals surface area contributed by atoms with Crippen molar-refractivity contribution >= 4 is 11.6 Å². The first-order valence-corrected chi connectivity index (χ1v) is 6.61. The highest BCUT2D eigenvalue weighted by Gasteiger charge is 2.27. The van der Waals surface area contributed by atoms with Gasteiger partial charge in [0.2, 0.25) is 5.82 Å². The number of likely N-dealkylation sites (tertiary alicyclic amines) is 1. The van der Waals surface area contributed by atoms with Crippen LogP contribution in [-0.2, 0) is 0 Å². The molecule has 0 spiro atoms. The molecule has 1 aliphatic heterocycles. The fourth-order valence-electron chi connectivity index (χ4n) is 2.80. The molecule has 1 amide bonds. The number of nitrogens with zero attached hydrogens (tertiary/aromatic N) is 2. The predicted octanol–water partition coefficient (Wildman–Crippen LogP) is 2.85. The Balaban J connectivity index is 2.21. The van der Waals surface area contributed by atoms with Crippen molar-refractivity contribution in [3.05, 3.63) is 39.7 Å². The average molecular weight is 280 g/mol. The monoisotopic (exact) mass is 280 g/mol. The second kappa shape index (κ2) is 5.56. The van der Waals surface area contributed by atoms with Crippen LogP contribution in [0.25, 0.3) is 0 Å². The van der Waals surface area contributed by atoms with Gasteiger partial charge in [0.05, 0.1) is 4.92 Å². The van der Waals surface area contributed by atoms with E-state index in [4.69, 9.17) is 0 Å². The van der Waals surface area contributed by atoms with Gasteiger partial charge in [-0.1, -0.05) is 13.8 Å². The Morgan fingerprint density at radius 3 is 2.45 bits per heavy atom. The molecule has 2 unspecified atom stereocenters. The lowest BCUT2D eigenvalue weighted by molar-refractivity contribution is -0.387.